The lowest BCUT2D eigenvalue weighted by Crippen LogP contribution is -2.43. The van der Waals surface area contributed by atoms with E-state index in [4.69, 9.17) is 14.9 Å². The molecule has 2 N–H and O–H groups in total. The molecule has 10 heteroatoms. The third kappa shape index (κ3) is 5.14. The number of hydrogen-bond acceptors (Lipinski definition) is 6. The third-order valence-corrected chi connectivity index (χ3v) is 7.00. The lowest BCUT2D eigenvalue weighted by molar-refractivity contribution is -0.0425. The summed E-state index contributed by atoms with van der Waals surface area (Å²) in [5.41, 5.74) is 1.14. The van der Waals surface area contributed by atoms with Crippen LogP contribution in [0.1, 0.15) is 30.1 Å². The zero-order valence-electron chi connectivity index (χ0n) is 18.1. The summed E-state index contributed by atoms with van der Waals surface area (Å²) in [4.78, 5) is 6.73. The molecule has 3 aromatic rings. The second kappa shape index (κ2) is 8.94. The summed E-state index contributed by atoms with van der Waals surface area (Å²) in [5, 5.41) is 9.76. The third-order valence-electron chi connectivity index (χ3n) is 6.09. The van der Waals surface area contributed by atoms with Gasteiger partial charge in [-0.15, -0.1) is 5.10 Å². The van der Waals surface area contributed by atoms with E-state index in [1.807, 2.05) is 30.3 Å². The van der Waals surface area contributed by atoms with Gasteiger partial charge < -0.3 is 4.74 Å². The van der Waals surface area contributed by atoms with E-state index in [0.29, 0.717) is 37.1 Å². The predicted molar refractivity (Wildman–Crippen MR) is 120 cm³/mol. The van der Waals surface area contributed by atoms with Crippen LogP contribution in [0.15, 0.2) is 53.4 Å². The minimum absolute atomic E-state index is 0.130. The molecule has 0 radical (unpaired) electrons. The lowest BCUT2D eigenvalue weighted by Gasteiger charge is -2.32. The molecule has 5 rings (SSSR count). The molecule has 1 saturated heterocycles. The van der Waals surface area contributed by atoms with Crippen LogP contribution in [0.5, 0.6) is 0 Å². The molecule has 8 nitrogen and oxygen atoms in total. The van der Waals surface area contributed by atoms with Gasteiger partial charge in [0.15, 0.2) is 5.82 Å². The van der Waals surface area contributed by atoms with Crippen molar-refractivity contribution in [3.63, 3.8) is 0 Å². The van der Waals surface area contributed by atoms with Crippen LogP contribution in [0, 0.1) is 11.7 Å². The Morgan fingerprint density at radius 2 is 1.94 bits per heavy atom. The first-order valence-electron chi connectivity index (χ1n) is 11.0. The zero-order chi connectivity index (χ0) is 23.0. The Bertz CT molecular complexity index is 1240. The van der Waals surface area contributed by atoms with Crippen LogP contribution in [0.3, 0.4) is 0 Å². The van der Waals surface area contributed by atoms with Gasteiger partial charge in [-0.3, -0.25) is 4.90 Å². The number of halogens is 1. The summed E-state index contributed by atoms with van der Waals surface area (Å²) < 4.78 is 45.5. The molecular weight excluding hydrogens is 445 g/mol. The van der Waals surface area contributed by atoms with Crippen LogP contribution in [-0.4, -0.2) is 53.9 Å². The molecule has 2 aromatic carbocycles. The van der Waals surface area contributed by atoms with E-state index in [9.17, 15) is 12.8 Å². The molecule has 0 bridgehead atoms. The summed E-state index contributed by atoms with van der Waals surface area (Å²) in [7, 11) is -4.01. The molecule has 1 saturated carbocycles. The highest BCUT2D eigenvalue weighted by Gasteiger charge is 2.35. The number of benzene rings is 2. The Kier molecular flexibility index (Phi) is 6.00. The monoisotopic (exact) mass is 471 g/mol. The number of ether oxygens (including phenoxy) is 1. The number of primary sulfonamides is 1. The van der Waals surface area contributed by atoms with Crippen molar-refractivity contribution in [3.8, 4) is 5.69 Å². The van der Waals surface area contributed by atoms with Gasteiger partial charge in [-0.25, -0.2) is 27.6 Å². The van der Waals surface area contributed by atoms with Gasteiger partial charge in [0.05, 0.1) is 24.2 Å². The van der Waals surface area contributed by atoms with Gasteiger partial charge in [-0.2, -0.15) is 0 Å². The van der Waals surface area contributed by atoms with Crippen LogP contribution >= 0.6 is 0 Å². The average molecular weight is 472 g/mol. The number of morpholine rings is 1. The van der Waals surface area contributed by atoms with Gasteiger partial charge in [0, 0.05) is 19.5 Å². The zero-order valence-corrected chi connectivity index (χ0v) is 18.9. The number of nitrogens with zero attached hydrogens (tertiary/aromatic N) is 4. The largest absolute Gasteiger partial charge is 0.375 e. The van der Waals surface area contributed by atoms with E-state index < -0.39 is 15.8 Å². The second-order valence-corrected chi connectivity index (χ2v) is 10.2. The predicted octanol–water partition coefficient (Wildman–Crippen LogP) is 2.26. The fourth-order valence-corrected chi connectivity index (χ4v) is 4.73. The minimum atomic E-state index is -4.01. The Hall–Kier alpha value is -2.66. The van der Waals surface area contributed by atoms with E-state index in [-0.39, 0.29) is 16.7 Å². The van der Waals surface area contributed by atoms with Crippen LogP contribution in [0.25, 0.3) is 5.69 Å². The van der Waals surface area contributed by atoms with E-state index >= 15 is 0 Å². The maximum absolute atomic E-state index is 15.0. The molecule has 174 valence electrons. The van der Waals surface area contributed by atoms with Crippen molar-refractivity contribution in [3.05, 3.63) is 71.6 Å². The standard InChI is InChI=1S/C23H26FN5O3S/c24-19-13-18(33(25,30)31)8-9-20(19)29-23(12-16-4-2-1-3-5-16)26-22(27-29)15-28-10-11-32-21(14-28)17-6-7-17/h1-5,8-9,13,17,21H,6-7,10-12,14-15H2,(H2,25,30,31). The Labute approximate surface area is 192 Å². The van der Waals surface area contributed by atoms with Gasteiger partial charge >= 0.3 is 0 Å². The van der Waals surface area contributed by atoms with Crippen molar-refractivity contribution in [2.75, 3.05) is 19.7 Å². The SMILES string of the molecule is NS(=O)(=O)c1ccc(-n2nc(CN3CCOC(C4CC4)C3)nc2Cc2ccccc2)c(F)c1. The van der Waals surface area contributed by atoms with Gasteiger partial charge in [0.25, 0.3) is 0 Å². The minimum Gasteiger partial charge on any atom is -0.375 e. The van der Waals surface area contributed by atoms with Crippen molar-refractivity contribution in [1.82, 2.24) is 19.7 Å². The topological polar surface area (TPSA) is 103 Å². The highest BCUT2D eigenvalue weighted by atomic mass is 32.2. The van der Waals surface area contributed by atoms with Gasteiger partial charge in [-0.05, 0) is 42.5 Å². The smallest absolute Gasteiger partial charge is 0.238 e. The summed E-state index contributed by atoms with van der Waals surface area (Å²) >= 11 is 0. The molecule has 2 heterocycles. The van der Waals surface area contributed by atoms with E-state index in [1.165, 1.54) is 29.7 Å². The fourth-order valence-electron chi connectivity index (χ4n) is 4.21. The van der Waals surface area contributed by atoms with E-state index in [0.717, 1.165) is 24.7 Å². The number of nitrogens with two attached hydrogens (primary N) is 1. The quantitative estimate of drug-likeness (QED) is 0.567. The van der Waals surface area contributed by atoms with Crippen LogP contribution in [0.4, 0.5) is 4.39 Å². The fraction of sp³-hybridized carbons (Fsp3) is 0.391. The normalized spacial score (nSPS) is 19.6. The molecule has 1 atom stereocenters. The van der Waals surface area contributed by atoms with E-state index in [1.54, 1.807) is 0 Å². The van der Waals surface area contributed by atoms with Crippen LogP contribution in [-0.2, 0) is 27.7 Å². The van der Waals surface area contributed by atoms with Crippen LogP contribution in [0.2, 0.25) is 0 Å². The molecule has 1 aliphatic carbocycles. The van der Waals surface area contributed by atoms with Crippen molar-refractivity contribution in [2.45, 2.75) is 36.8 Å². The van der Waals surface area contributed by atoms with Crippen molar-refractivity contribution in [1.29, 1.82) is 0 Å². The number of hydrogen-bond donors (Lipinski definition) is 1. The van der Waals surface area contributed by atoms with Gasteiger partial charge in [0.1, 0.15) is 17.3 Å². The molecule has 0 amide bonds. The highest BCUT2D eigenvalue weighted by Crippen LogP contribution is 2.35. The molecule has 33 heavy (non-hydrogen) atoms. The molecule has 1 unspecified atom stereocenters. The molecule has 1 aliphatic heterocycles. The maximum atomic E-state index is 15.0. The number of aromatic nitrogens is 3. The summed E-state index contributed by atoms with van der Waals surface area (Å²) in [6.07, 6.45) is 3.16. The first-order valence-corrected chi connectivity index (χ1v) is 12.6. The number of sulfonamides is 1. The van der Waals surface area contributed by atoms with Crippen molar-refractivity contribution in [2.24, 2.45) is 11.1 Å². The molecule has 2 aliphatic rings. The summed E-state index contributed by atoms with van der Waals surface area (Å²) in [5.74, 6) is 1.09. The van der Waals surface area contributed by atoms with E-state index in [2.05, 4.69) is 10.00 Å². The van der Waals surface area contributed by atoms with Crippen molar-refractivity contribution >= 4 is 10.0 Å². The molecular formula is C23H26FN5O3S. The second-order valence-electron chi connectivity index (χ2n) is 8.66. The average Bonchev–Trinajstić information content (AvgIpc) is 3.57. The number of rotatable bonds is 7. The van der Waals surface area contributed by atoms with Crippen LogP contribution < -0.4 is 5.14 Å². The molecule has 0 spiro atoms. The Balaban J connectivity index is 1.46. The highest BCUT2D eigenvalue weighted by molar-refractivity contribution is 7.89. The van der Waals surface area contributed by atoms with Gasteiger partial charge in [-0.1, -0.05) is 30.3 Å². The maximum Gasteiger partial charge on any atom is 0.238 e. The Morgan fingerprint density at radius 1 is 1.15 bits per heavy atom. The first-order chi connectivity index (χ1) is 15.9. The Morgan fingerprint density at radius 3 is 2.64 bits per heavy atom. The molecule has 2 fully saturated rings. The lowest BCUT2D eigenvalue weighted by atomic mass is 10.1. The summed E-state index contributed by atoms with van der Waals surface area (Å²) in [6, 6.07) is 13.3. The summed E-state index contributed by atoms with van der Waals surface area (Å²) in [6.45, 7) is 2.86. The van der Waals surface area contributed by atoms with Gasteiger partial charge in [0.2, 0.25) is 10.0 Å². The molecule has 1 aromatic heterocycles. The van der Waals surface area contributed by atoms with Crippen molar-refractivity contribution < 1.29 is 17.5 Å². The first kappa shape index (κ1) is 22.1.